The molecule has 1 aliphatic heterocycles. The number of carbonyl (C=O) groups excluding carboxylic acids is 1. The number of rotatable bonds is 3. The molecular weight excluding hydrogens is 436 g/mol. The maximum Gasteiger partial charge on any atom is 0.349 e. The van der Waals surface area contributed by atoms with E-state index in [0.717, 1.165) is 17.6 Å². The highest BCUT2D eigenvalue weighted by atomic mass is 79.9. The Hall–Kier alpha value is -2.80. The molecule has 1 aromatic heterocycles. The molecular formula is C22H21BrN2O4. The summed E-state index contributed by atoms with van der Waals surface area (Å²) in [5.74, 6) is 0.140. The first-order chi connectivity index (χ1) is 14.0. The van der Waals surface area contributed by atoms with Crippen LogP contribution in [0.3, 0.4) is 0 Å². The molecule has 150 valence electrons. The topological polar surface area (TPSA) is 63.0 Å². The molecule has 0 saturated carbocycles. The average Bonchev–Trinajstić information content (AvgIpc) is 2.73. The van der Waals surface area contributed by atoms with Crippen LogP contribution in [-0.4, -0.2) is 44.1 Å². The van der Waals surface area contributed by atoms with Gasteiger partial charge in [0.15, 0.2) is 11.3 Å². The number of halogens is 1. The fourth-order valence-electron chi connectivity index (χ4n) is 3.71. The summed E-state index contributed by atoms with van der Waals surface area (Å²) in [5, 5.41) is 0.637. The molecule has 0 radical (unpaired) electrons. The lowest BCUT2D eigenvalue weighted by Crippen LogP contribution is -2.49. The number of nitrogens with zero attached hydrogens (tertiary/aromatic N) is 2. The van der Waals surface area contributed by atoms with Crippen molar-refractivity contribution in [3.8, 4) is 5.75 Å². The highest BCUT2D eigenvalue weighted by Crippen LogP contribution is 2.30. The highest BCUT2D eigenvalue weighted by molar-refractivity contribution is 9.10. The second-order valence-electron chi connectivity index (χ2n) is 7.04. The number of piperazine rings is 1. The Morgan fingerprint density at radius 3 is 2.52 bits per heavy atom. The zero-order chi connectivity index (χ0) is 20.5. The van der Waals surface area contributed by atoms with E-state index >= 15 is 0 Å². The Morgan fingerprint density at radius 1 is 1.10 bits per heavy atom. The van der Waals surface area contributed by atoms with Crippen LogP contribution in [0.2, 0.25) is 0 Å². The molecule has 0 N–H and O–H groups in total. The molecule has 1 saturated heterocycles. The third kappa shape index (κ3) is 3.74. The van der Waals surface area contributed by atoms with E-state index in [1.54, 1.807) is 23.1 Å². The first kappa shape index (κ1) is 19.5. The summed E-state index contributed by atoms with van der Waals surface area (Å²) in [6, 6.07) is 13.3. The number of fused-ring (bicyclic) bond motifs is 1. The van der Waals surface area contributed by atoms with Gasteiger partial charge in [0.1, 0.15) is 5.56 Å². The van der Waals surface area contributed by atoms with Crippen LogP contribution in [0, 0.1) is 6.92 Å². The Bertz CT molecular complexity index is 1130. The fourth-order valence-corrected chi connectivity index (χ4v) is 4.16. The summed E-state index contributed by atoms with van der Waals surface area (Å²) in [5.41, 5.74) is 2.12. The van der Waals surface area contributed by atoms with Crippen molar-refractivity contribution < 1.29 is 13.9 Å². The van der Waals surface area contributed by atoms with Crippen LogP contribution in [0.25, 0.3) is 11.0 Å². The third-order valence-corrected chi connectivity index (χ3v) is 5.69. The smallest absolute Gasteiger partial charge is 0.349 e. The minimum absolute atomic E-state index is 0.0435. The largest absolute Gasteiger partial charge is 0.493 e. The van der Waals surface area contributed by atoms with Crippen molar-refractivity contribution in [1.29, 1.82) is 0 Å². The SMILES string of the molecule is COc1cc(Br)cc2cc(C(=O)N3CCN(c4ccccc4C)CC3)c(=O)oc12. The van der Waals surface area contributed by atoms with Crippen LogP contribution in [-0.2, 0) is 0 Å². The number of ether oxygens (including phenoxy) is 1. The van der Waals surface area contributed by atoms with Gasteiger partial charge in [0.2, 0.25) is 0 Å². The number of hydrogen-bond donors (Lipinski definition) is 0. The second kappa shape index (κ2) is 7.91. The second-order valence-corrected chi connectivity index (χ2v) is 7.96. The van der Waals surface area contributed by atoms with Gasteiger partial charge < -0.3 is 19.0 Å². The summed E-state index contributed by atoms with van der Waals surface area (Å²) in [6.07, 6.45) is 0. The van der Waals surface area contributed by atoms with E-state index in [2.05, 4.69) is 39.9 Å². The van der Waals surface area contributed by atoms with Crippen molar-refractivity contribution in [2.24, 2.45) is 0 Å². The van der Waals surface area contributed by atoms with Crippen LogP contribution in [0.4, 0.5) is 5.69 Å². The van der Waals surface area contributed by atoms with Crippen molar-refractivity contribution in [3.05, 3.63) is 68.5 Å². The first-order valence-corrected chi connectivity index (χ1v) is 10.2. The number of para-hydroxylation sites is 1. The minimum Gasteiger partial charge on any atom is -0.493 e. The Labute approximate surface area is 176 Å². The standard InChI is InChI=1S/C22H21BrN2O4/c1-14-5-3-4-6-18(14)24-7-9-25(10-8-24)21(26)17-12-15-11-16(23)13-19(28-2)20(15)29-22(17)27/h3-6,11-13H,7-10H2,1-2H3. The molecule has 29 heavy (non-hydrogen) atoms. The number of benzene rings is 2. The molecule has 2 heterocycles. The summed E-state index contributed by atoms with van der Waals surface area (Å²) in [6.45, 7) is 4.61. The maximum absolute atomic E-state index is 13.0. The highest BCUT2D eigenvalue weighted by Gasteiger charge is 2.26. The normalized spacial score (nSPS) is 14.3. The first-order valence-electron chi connectivity index (χ1n) is 9.39. The van der Waals surface area contributed by atoms with Crippen molar-refractivity contribution in [2.75, 3.05) is 38.2 Å². The number of anilines is 1. The van der Waals surface area contributed by atoms with E-state index < -0.39 is 5.63 Å². The molecule has 0 atom stereocenters. The summed E-state index contributed by atoms with van der Waals surface area (Å²) in [7, 11) is 1.51. The van der Waals surface area contributed by atoms with Gasteiger partial charge in [-0.25, -0.2) is 4.79 Å². The molecule has 0 spiro atoms. The van der Waals surface area contributed by atoms with Gasteiger partial charge in [-0.1, -0.05) is 34.1 Å². The molecule has 2 aromatic carbocycles. The molecule has 1 fully saturated rings. The Balaban J connectivity index is 1.57. The molecule has 0 bridgehead atoms. The Morgan fingerprint density at radius 2 is 1.83 bits per heavy atom. The molecule has 0 unspecified atom stereocenters. The number of amides is 1. The molecule has 1 aliphatic rings. The summed E-state index contributed by atoms with van der Waals surface area (Å²) in [4.78, 5) is 29.5. The molecule has 6 nitrogen and oxygen atoms in total. The zero-order valence-electron chi connectivity index (χ0n) is 16.3. The third-order valence-electron chi connectivity index (χ3n) is 5.24. The quantitative estimate of drug-likeness (QED) is 0.560. The number of carbonyl (C=O) groups is 1. The minimum atomic E-state index is -0.649. The Kier molecular flexibility index (Phi) is 5.32. The van der Waals surface area contributed by atoms with Crippen LogP contribution >= 0.6 is 15.9 Å². The lowest BCUT2D eigenvalue weighted by atomic mass is 10.1. The monoisotopic (exact) mass is 456 g/mol. The van der Waals surface area contributed by atoms with Gasteiger partial charge in [-0.05, 0) is 36.8 Å². The van der Waals surface area contributed by atoms with E-state index in [0.29, 0.717) is 29.8 Å². The molecule has 1 amide bonds. The summed E-state index contributed by atoms with van der Waals surface area (Å²) >= 11 is 3.41. The van der Waals surface area contributed by atoms with E-state index in [1.165, 1.54) is 18.4 Å². The maximum atomic E-state index is 13.0. The average molecular weight is 457 g/mol. The van der Waals surface area contributed by atoms with E-state index in [4.69, 9.17) is 9.15 Å². The van der Waals surface area contributed by atoms with E-state index in [9.17, 15) is 9.59 Å². The predicted octanol–water partition coefficient (Wildman–Crippen LogP) is 3.83. The fraction of sp³-hybridized carbons (Fsp3) is 0.273. The van der Waals surface area contributed by atoms with E-state index in [1.807, 2.05) is 12.1 Å². The number of aryl methyl sites for hydroxylation is 1. The molecule has 0 aliphatic carbocycles. The van der Waals surface area contributed by atoms with Gasteiger partial charge in [-0.3, -0.25) is 4.79 Å². The van der Waals surface area contributed by atoms with Gasteiger partial charge in [0, 0.05) is 41.7 Å². The molecule has 7 heteroatoms. The van der Waals surface area contributed by atoms with Crippen LogP contribution in [0.5, 0.6) is 5.75 Å². The predicted molar refractivity (Wildman–Crippen MR) is 116 cm³/mol. The van der Waals surface area contributed by atoms with Crippen molar-refractivity contribution in [1.82, 2.24) is 4.90 Å². The lowest BCUT2D eigenvalue weighted by molar-refractivity contribution is 0.0742. The van der Waals surface area contributed by atoms with Gasteiger partial charge in [-0.15, -0.1) is 0 Å². The van der Waals surface area contributed by atoms with Crippen molar-refractivity contribution >= 4 is 38.5 Å². The van der Waals surface area contributed by atoms with Gasteiger partial charge in [0.05, 0.1) is 7.11 Å². The van der Waals surface area contributed by atoms with Gasteiger partial charge in [-0.2, -0.15) is 0 Å². The van der Waals surface area contributed by atoms with Crippen molar-refractivity contribution in [2.45, 2.75) is 6.92 Å². The molecule has 3 aromatic rings. The zero-order valence-corrected chi connectivity index (χ0v) is 17.9. The van der Waals surface area contributed by atoms with Crippen LogP contribution in [0.15, 0.2) is 56.1 Å². The van der Waals surface area contributed by atoms with Crippen LogP contribution < -0.4 is 15.3 Å². The lowest BCUT2D eigenvalue weighted by Gasteiger charge is -2.36. The van der Waals surface area contributed by atoms with Crippen molar-refractivity contribution in [3.63, 3.8) is 0 Å². The van der Waals surface area contributed by atoms with Crippen LogP contribution in [0.1, 0.15) is 15.9 Å². The number of hydrogen-bond acceptors (Lipinski definition) is 5. The van der Waals surface area contributed by atoms with Gasteiger partial charge >= 0.3 is 5.63 Å². The van der Waals surface area contributed by atoms with Gasteiger partial charge in [0.25, 0.3) is 5.91 Å². The molecule has 4 rings (SSSR count). The summed E-state index contributed by atoms with van der Waals surface area (Å²) < 4.78 is 11.5. The van der Waals surface area contributed by atoms with E-state index in [-0.39, 0.29) is 11.5 Å². The number of methoxy groups -OCH3 is 1.